The SMILES string of the molecule is C=C(C)[C@@H]1CC[C@@]2(C)CC[C@@]3(C)[C@H](CC[C@H]4[C@]5(C)CC=C(NO)C(C)(C)[C@@H]5CC[C@@]43C)[C@H]12. The van der Waals surface area contributed by atoms with Gasteiger partial charge in [0.1, 0.15) is 0 Å². The number of hydrogen-bond acceptors (Lipinski definition) is 2. The Balaban J connectivity index is 1.55. The molecule has 0 unspecified atom stereocenters. The van der Waals surface area contributed by atoms with Crippen molar-refractivity contribution in [2.75, 3.05) is 0 Å². The molecule has 0 aromatic heterocycles. The van der Waals surface area contributed by atoms with Crippen LogP contribution in [0.25, 0.3) is 0 Å². The van der Waals surface area contributed by atoms with Crippen molar-refractivity contribution in [1.82, 2.24) is 5.48 Å². The second-order valence-corrected chi connectivity index (χ2v) is 14.5. The van der Waals surface area contributed by atoms with Crippen LogP contribution >= 0.6 is 0 Å². The van der Waals surface area contributed by atoms with Gasteiger partial charge >= 0.3 is 0 Å². The average Bonchev–Trinajstić information content (AvgIpc) is 3.06. The van der Waals surface area contributed by atoms with Gasteiger partial charge in [0, 0.05) is 11.1 Å². The summed E-state index contributed by atoms with van der Waals surface area (Å²) >= 11 is 0. The molecule has 0 aromatic carbocycles. The smallest absolute Gasteiger partial charge is 0.0395 e. The monoisotopic (exact) mass is 439 g/mol. The van der Waals surface area contributed by atoms with E-state index < -0.39 is 0 Å². The summed E-state index contributed by atoms with van der Waals surface area (Å²) in [5, 5.41) is 9.83. The fourth-order valence-electron chi connectivity index (χ4n) is 11.3. The van der Waals surface area contributed by atoms with Crippen molar-refractivity contribution in [3.05, 3.63) is 23.9 Å². The highest BCUT2D eigenvalue weighted by Gasteiger charge is 2.69. The molecule has 180 valence electrons. The van der Waals surface area contributed by atoms with Crippen molar-refractivity contribution < 1.29 is 5.21 Å². The van der Waals surface area contributed by atoms with Crippen LogP contribution in [-0.4, -0.2) is 5.21 Å². The lowest BCUT2D eigenvalue weighted by Crippen LogP contribution is -2.65. The molecular formula is C30H49NO. The number of hydrogen-bond donors (Lipinski definition) is 2. The van der Waals surface area contributed by atoms with Crippen LogP contribution in [0.4, 0.5) is 0 Å². The normalized spacial score (nSPS) is 53.9. The van der Waals surface area contributed by atoms with E-state index in [0.717, 1.165) is 35.8 Å². The van der Waals surface area contributed by atoms with Gasteiger partial charge in [-0.25, -0.2) is 0 Å². The molecule has 0 saturated heterocycles. The first-order valence-corrected chi connectivity index (χ1v) is 13.6. The first-order valence-electron chi connectivity index (χ1n) is 13.6. The van der Waals surface area contributed by atoms with E-state index in [4.69, 9.17) is 0 Å². The summed E-state index contributed by atoms with van der Waals surface area (Å²) in [5.41, 5.74) is 6.81. The van der Waals surface area contributed by atoms with Crippen LogP contribution in [0.2, 0.25) is 0 Å². The summed E-state index contributed by atoms with van der Waals surface area (Å²) in [7, 11) is 0. The third kappa shape index (κ3) is 2.63. The minimum atomic E-state index is 0.0163. The molecule has 0 bridgehead atoms. The van der Waals surface area contributed by atoms with Crippen molar-refractivity contribution in [2.45, 2.75) is 106 Å². The molecule has 0 aliphatic heterocycles. The number of fused-ring (bicyclic) bond motifs is 7. The second-order valence-electron chi connectivity index (χ2n) is 14.5. The van der Waals surface area contributed by atoms with Crippen LogP contribution in [-0.2, 0) is 0 Å². The van der Waals surface area contributed by atoms with Crippen LogP contribution in [0.5, 0.6) is 0 Å². The van der Waals surface area contributed by atoms with E-state index in [1.165, 1.54) is 56.9 Å². The Kier molecular flexibility index (Phi) is 4.96. The predicted octanol–water partition coefficient (Wildman–Crippen LogP) is 8.14. The lowest BCUT2D eigenvalue weighted by Gasteiger charge is -2.72. The highest BCUT2D eigenvalue weighted by molar-refractivity contribution is 5.25. The van der Waals surface area contributed by atoms with Crippen molar-refractivity contribution in [2.24, 2.45) is 56.7 Å². The largest absolute Gasteiger partial charge is 0.291 e. The molecule has 5 aliphatic rings. The van der Waals surface area contributed by atoms with Crippen molar-refractivity contribution in [3.8, 4) is 0 Å². The third-order valence-electron chi connectivity index (χ3n) is 13.2. The first-order chi connectivity index (χ1) is 14.8. The van der Waals surface area contributed by atoms with Gasteiger partial charge in [-0.1, -0.05) is 59.8 Å². The molecule has 0 amide bonds. The van der Waals surface area contributed by atoms with E-state index in [9.17, 15) is 5.21 Å². The summed E-state index contributed by atoms with van der Waals surface area (Å²) in [5.74, 6) is 3.85. The van der Waals surface area contributed by atoms with Gasteiger partial charge in [-0.15, -0.1) is 0 Å². The number of allylic oxidation sites excluding steroid dienone is 3. The molecule has 0 radical (unpaired) electrons. The van der Waals surface area contributed by atoms with Crippen LogP contribution in [0.3, 0.4) is 0 Å². The van der Waals surface area contributed by atoms with Crippen LogP contribution in [0.15, 0.2) is 23.9 Å². The highest BCUT2D eigenvalue weighted by atomic mass is 16.5. The molecule has 5 aliphatic carbocycles. The van der Waals surface area contributed by atoms with E-state index in [1.807, 2.05) is 0 Å². The Labute approximate surface area is 197 Å². The molecule has 9 atom stereocenters. The number of rotatable bonds is 2. The van der Waals surface area contributed by atoms with Gasteiger partial charge in [0.25, 0.3) is 0 Å². The number of hydroxylamine groups is 1. The minimum Gasteiger partial charge on any atom is -0.291 e. The van der Waals surface area contributed by atoms with Gasteiger partial charge in [-0.05, 0) is 116 Å². The standard InChI is InChI=1S/C30H49NO/c1-19(2)20-11-14-27(5)17-18-29(7)21(25(20)27)9-10-23-28(6)15-13-24(31-32)26(3,4)22(28)12-16-30(23,29)8/h13,20-23,25,31-32H,1,9-12,14-18H2,2-8H3/t20-,21+,22-,23-,25-,27-,28+,29-,30-/m0/s1. The third-order valence-corrected chi connectivity index (χ3v) is 13.2. The molecule has 0 heterocycles. The summed E-state index contributed by atoms with van der Waals surface area (Å²) in [6.45, 7) is 22.2. The van der Waals surface area contributed by atoms with E-state index >= 15 is 0 Å². The van der Waals surface area contributed by atoms with Crippen LogP contribution in [0, 0.1) is 56.7 Å². The van der Waals surface area contributed by atoms with Gasteiger partial charge < -0.3 is 0 Å². The lowest BCUT2D eigenvalue weighted by molar-refractivity contribution is -0.226. The van der Waals surface area contributed by atoms with Crippen molar-refractivity contribution in [3.63, 3.8) is 0 Å². The Hall–Kier alpha value is -0.760. The minimum absolute atomic E-state index is 0.0163. The Bertz CT molecular complexity index is 842. The maximum Gasteiger partial charge on any atom is 0.0395 e. The van der Waals surface area contributed by atoms with Crippen LogP contribution < -0.4 is 5.48 Å². The van der Waals surface area contributed by atoms with Gasteiger partial charge in [0.05, 0.1) is 0 Å². The van der Waals surface area contributed by atoms with E-state index in [0.29, 0.717) is 27.6 Å². The molecule has 2 nitrogen and oxygen atoms in total. The van der Waals surface area contributed by atoms with Gasteiger partial charge in [-0.2, -0.15) is 0 Å². The lowest BCUT2D eigenvalue weighted by atomic mass is 9.32. The van der Waals surface area contributed by atoms with Gasteiger partial charge in [0.15, 0.2) is 0 Å². The Morgan fingerprint density at radius 3 is 2.28 bits per heavy atom. The topological polar surface area (TPSA) is 32.3 Å². The molecule has 2 heteroatoms. The zero-order valence-electron chi connectivity index (χ0n) is 22.0. The van der Waals surface area contributed by atoms with E-state index in [1.54, 1.807) is 0 Å². The summed E-state index contributed by atoms with van der Waals surface area (Å²) in [4.78, 5) is 0. The Morgan fingerprint density at radius 2 is 1.62 bits per heavy atom. The van der Waals surface area contributed by atoms with Crippen molar-refractivity contribution >= 4 is 0 Å². The molecule has 4 fully saturated rings. The van der Waals surface area contributed by atoms with Gasteiger partial charge in [0.2, 0.25) is 0 Å². The number of nitrogens with one attached hydrogen (secondary N) is 1. The average molecular weight is 440 g/mol. The summed E-state index contributed by atoms with van der Waals surface area (Å²) in [6, 6.07) is 0. The summed E-state index contributed by atoms with van der Waals surface area (Å²) in [6.07, 6.45) is 14.5. The molecule has 2 N–H and O–H groups in total. The quantitative estimate of drug-likeness (QED) is 0.336. The first kappa shape index (κ1) is 23.0. The molecule has 0 aromatic rings. The molecule has 0 spiro atoms. The fraction of sp³-hybridized carbons (Fsp3) is 0.867. The molecular weight excluding hydrogens is 390 g/mol. The molecule has 32 heavy (non-hydrogen) atoms. The predicted molar refractivity (Wildman–Crippen MR) is 133 cm³/mol. The zero-order chi connectivity index (χ0) is 23.3. The Morgan fingerprint density at radius 1 is 0.906 bits per heavy atom. The van der Waals surface area contributed by atoms with E-state index in [-0.39, 0.29) is 5.41 Å². The maximum absolute atomic E-state index is 9.83. The fourth-order valence-corrected chi connectivity index (χ4v) is 11.3. The van der Waals surface area contributed by atoms with Gasteiger partial charge in [-0.3, -0.25) is 10.7 Å². The zero-order valence-corrected chi connectivity index (χ0v) is 22.0. The molecule has 5 rings (SSSR count). The highest BCUT2D eigenvalue weighted by Crippen LogP contribution is 2.77. The van der Waals surface area contributed by atoms with Crippen molar-refractivity contribution in [1.29, 1.82) is 0 Å². The van der Waals surface area contributed by atoms with Crippen LogP contribution in [0.1, 0.15) is 106 Å². The summed E-state index contributed by atoms with van der Waals surface area (Å²) < 4.78 is 0. The maximum atomic E-state index is 9.83. The second kappa shape index (κ2) is 6.89. The van der Waals surface area contributed by atoms with E-state index in [2.05, 4.69) is 66.6 Å². The molecule has 4 saturated carbocycles.